The molecule has 1 saturated heterocycles. The van der Waals surface area contributed by atoms with Gasteiger partial charge in [-0.3, -0.25) is 13.7 Å². The lowest BCUT2D eigenvalue weighted by atomic mass is 10.2. The van der Waals surface area contributed by atoms with Gasteiger partial charge < -0.3 is 25.2 Å². The number of hydrogen-bond donors (Lipinski definition) is 4. The molecule has 1 aliphatic heterocycles. The summed E-state index contributed by atoms with van der Waals surface area (Å²) in [7, 11) is -3.05. The summed E-state index contributed by atoms with van der Waals surface area (Å²) in [6.07, 6.45) is -0.110. The molecule has 0 aliphatic carbocycles. The molecule has 4 N–H and O–H groups in total. The molecule has 0 amide bonds. The zero-order valence-electron chi connectivity index (χ0n) is 12.3. The van der Waals surface area contributed by atoms with Crippen molar-refractivity contribution >= 4 is 38.0 Å². The number of aliphatic hydroxyl groups is 1. The normalized spacial score (nSPS) is 25.4. The number of rotatable bonds is 6. The summed E-state index contributed by atoms with van der Waals surface area (Å²) >= 11 is 4.21. The van der Waals surface area contributed by atoms with E-state index in [4.69, 9.17) is 20.1 Å². The Morgan fingerprint density at radius 3 is 3.08 bits per heavy atom. The molecule has 132 valence electrons. The topological polar surface area (TPSA) is 155 Å². The standard InChI is InChI=1S/C11H16N5O6PS/c12-11-14-9-8(10(24)15-11)13-3-16(9)7-1-5(17)6(22-7)2-20-4-21-23(18)19/h3,5-7,17,23H,1-2,4H2,(H,18,19)(H3,12,14,15,24)/t5-,6+,7+/m0/s1. The van der Waals surface area contributed by atoms with Crippen molar-refractivity contribution in [3.8, 4) is 0 Å². The first-order valence-corrected chi connectivity index (χ1v) is 8.63. The second kappa shape index (κ2) is 7.31. The molecule has 2 aromatic rings. The molecular weight excluding hydrogens is 361 g/mol. The van der Waals surface area contributed by atoms with Crippen LogP contribution < -0.4 is 5.73 Å². The SMILES string of the molecule is Nc1nc(S)c2ncn([C@H]3C[C@H](O)[C@@H](COCO[PH](=O)O)O3)c2n1. The molecule has 0 bridgehead atoms. The van der Waals surface area contributed by atoms with E-state index < -0.39 is 26.7 Å². The fourth-order valence-corrected chi connectivity index (χ4v) is 2.87. The molecule has 1 unspecified atom stereocenters. The number of aromatic nitrogens is 4. The first kappa shape index (κ1) is 17.5. The molecule has 0 spiro atoms. The number of aliphatic hydroxyl groups excluding tert-OH is 1. The van der Waals surface area contributed by atoms with Crippen LogP contribution in [0.1, 0.15) is 12.6 Å². The van der Waals surface area contributed by atoms with Gasteiger partial charge in [-0.2, -0.15) is 4.98 Å². The zero-order chi connectivity index (χ0) is 17.3. The highest BCUT2D eigenvalue weighted by atomic mass is 32.1. The van der Waals surface area contributed by atoms with Gasteiger partial charge in [0.05, 0.1) is 19.0 Å². The molecule has 0 radical (unpaired) electrons. The number of nitrogens with two attached hydrogens (primary N) is 1. The molecule has 0 saturated carbocycles. The smallest absolute Gasteiger partial charge is 0.318 e. The fourth-order valence-electron chi connectivity index (χ4n) is 2.42. The van der Waals surface area contributed by atoms with Crippen molar-refractivity contribution in [1.29, 1.82) is 0 Å². The van der Waals surface area contributed by atoms with Crippen LogP contribution >= 0.6 is 20.9 Å². The van der Waals surface area contributed by atoms with Crippen molar-refractivity contribution in [2.24, 2.45) is 0 Å². The van der Waals surface area contributed by atoms with Gasteiger partial charge >= 0.3 is 8.25 Å². The Hall–Kier alpha value is -1.27. The van der Waals surface area contributed by atoms with Crippen LogP contribution in [-0.2, 0) is 18.6 Å². The third kappa shape index (κ3) is 3.70. The molecule has 13 heteroatoms. The maximum Gasteiger partial charge on any atom is 0.318 e. The highest BCUT2D eigenvalue weighted by Gasteiger charge is 2.36. The van der Waals surface area contributed by atoms with E-state index in [0.29, 0.717) is 22.6 Å². The van der Waals surface area contributed by atoms with Crippen molar-refractivity contribution in [3.05, 3.63) is 6.33 Å². The fraction of sp³-hybridized carbons (Fsp3) is 0.545. The molecule has 2 aromatic heterocycles. The van der Waals surface area contributed by atoms with Crippen LogP contribution in [0.3, 0.4) is 0 Å². The monoisotopic (exact) mass is 377 g/mol. The van der Waals surface area contributed by atoms with Crippen LogP contribution in [0.15, 0.2) is 11.4 Å². The van der Waals surface area contributed by atoms with Crippen molar-refractivity contribution in [3.63, 3.8) is 0 Å². The van der Waals surface area contributed by atoms with E-state index in [1.165, 1.54) is 6.33 Å². The minimum absolute atomic E-state index is 0.00832. The molecule has 4 atom stereocenters. The Kier molecular flexibility index (Phi) is 5.35. The molecule has 0 aromatic carbocycles. The molecule has 24 heavy (non-hydrogen) atoms. The number of nitrogens with zero attached hydrogens (tertiary/aromatic N) is 4. The molecule has 1 fully saturated rings. The van der Waals surface area contributed by atoms with Gasteiger partial charge in [0.2, 0.25) is 5.95 Å². The van der Waals surface area contributed by atoms with E-state index >= 15 is 0 Å². The average Bonchev–Trinajstić information content (AvgIpc) is 3.07. The maximum atomic E-state index is 10.4. The average molecular weight is 377 g/mol. The molecule has 1 aliphatic rings. The lowest BCUT2D eigenvalue weighted by Crippen LogP contribution is -2.26. The van der Waals surface area contributed by atoms with E-state index in [1.807, 2.05) is 0 Å². The van der Waals surface area contributed by atoms with E-state index in [-0.39, 0.29) is 19.3 Å². The highest BCUT2D eigenvalue weighted by molar-refractivity contribution is 7.80. The van der Waals surface area contributed by atoms with Crippen LogP contribution in [0.5, 0.6) is 0 Å². The van der Waals surface area contributed by atoms with Crippen molar-refractivity contribution in [2.75, 3.05) is 19.1 Å². The van der Waals surface area contributed by atoms with Gasteiger partial charge in [0.25, 0.3) is 0 Å². The zero-order valence-corrected chi connectivity index (χ0v) is 14.2. The number of ether oxygens (including phenoxy) is 2. The van der Waals surface area contributed by atoms with Gasteiger partial charge in [-0.15, -0.1) is 12.6 Å². The van der Waals surface area contributed by atoms with Crippen LogP contribution in [0.4, 0.5) is 5.95 Å². The van der Waals surface area contributed by atoms with Crippen LogP contribution in [-0.4, -0.2) is 55.1 Å². The summed E-state index contributed by atoms with van der Waals surface area (Å²) in [6.45, 7) is -0.347. The Morgan fingerprint density at radius 1 is 1.54 bits per heavy atom. The second-order valence-corrected chi connectivity index (χ2v) is 6.30. The number of fused-ring (bicyclic) bond motifs is 1. The second-order valence-electron chi connectivity index (χ2n) is 5.06. The van der Waals surface area contributed by atoms with Gasteiger partial charge in [-0.25, -0.2) is 9.97 Å². The third-order valence-corrected chi connectivity index (χ3v) is 4.16. The predicted molar refractivity (Wildman–Crippen MR) is 84.6 cm³/mol. The summed E-state index contributed by atoms with van der Waals surface area (Å²) in [4.78, 5) is 20.8. The number of hydrogen-bond acceptors (Lipinski definition) is 10. The minimum atomic E-state index is -3.05. The van der Waals surface area contributed by atoms with Gasteiger partial charge in [-0.1, -0.05) is 0 Å². The van der Waals surface area contributed by atoms with E-state index in [0.717, 1.165) is 0 Å². The predicted octanol–water partition coefficient (Wildman–Crippen LogP) is -0.282. The number of thiol groups is 1. The highest BCUT2D eigenvalue weighted by Crippen LogP contribution is 2.32. The van der Waals surface area contributed by atoms with Crippen LogP contribution in [0.2, 0.25) is 0 Å². The summed E-state index contributed by atoms with van der Waals surface area (Å²) < 4.78 is 27.3. The third-order valence-electron chi connectivity index (χ3n) is 3.48. The van der Waals surface area contributed by atoms with Crippen molar-refractivity contribution in [2.45, 2.75) is 29.9 Å². The number of anilines is 1. The summed E-state index contributed by atoms with van der Waals surface area (Å²) in [5, 5.41) is 10.4. The summed E-state index contributed by atoms with van der Waals surface area (Å²) in [5.41, 5.74) is 6.56. The summed E-state index contributed by atoms with van der Waals surface area (Å²) in [6, 6.07) is 0. The Bertz CT molecular complexity index is 760. The first-order chi connectivity index (χ1) is 11.5. The maximum absolute atomic E-state index is 10.4. The Balaban J connectivity index is 1.69. The van der Waals surface area contributed by atoms with Crippen molar-refractivity contribution < 1.29 is 28.6 Å². The number of imidazole rings is 1. The van der Waals surface area contributed by atoms with Gasteiger partial charge in [0, 0.05) is 6.42 Å². The lowest BCUT2D eigenvalue weighted by molar-refractivity contribution is -0.0854. The van der Waals surface area contributed by atoms with Gasteiger partial charge in [0.1, 0.15) is 22.9 Å². The largest absolute Gasteiger partial charge is 0.390 e. The molecule has 3 rings (SSSR count). The minimum Gasteiger partial charge on any atom is -0.390 e. The van der Waals surface area contributed by atoms with E-state index in [1.54, 1.807) is 4.57 Å². The molecule has 11 nitrogen and oxygen atoms in total. The van der Waals surface area contributed by atoms with E-state index in [2.05, 4.69) is 32.1 Å². The summed E-state index contributed by atoms with van der Waals surface area (Å²) in [5.74, 6) is 0.0593. The molecular formula is C11H16N5O6PS. The van der Waals surface area contributed by atoms with Gasteiger partial charge in [-0.05, 0) is 0 Å². The first-order valence-electron chi connectivity index (χ1n) is 6.91. The Morgan fingerprint density at radius 2 is 2.33 bits per heavy atom. The van der Waals surface area contributed by atoms with Crippen LogP contribution in [0.25, 0.3) is 11.2 Å². The quantitative estimate of drug-likeness (QED) is 0.174. The van der Waals surface area contributed by atoms with E-state index in [9.17, 15) is 9.67 Å². The van der Waals surface area contributed by atoms with Crippen molar-refractivity contribution in [1.82, 2.24) is 19.5 Å². The van der Waals surface area contributed by atoms with Crippen LogP contribution in [0, 0.1) is 0 Å². The Labute approximate surface area is 142 Å². The lowest BCUT2D eigenvalue weighted by Gasteiger charge is -2.15. The van der Waals surface area contributed by atoms with Gasteiger partial charge in [0.15, 0.2) is 12.4 Å². The number of nitrogen functional groups attached to an aromatic ring is 1. The molecule has 3 heterocycles.